The summed E-state index contributed by atoms with van der Waals surface area (Å²) in [5, 5.41) is 5.30. The summed E-state index contributed by atoms with van der Waals surface area (Å²) in [5.41, 5.74) is 1.58. The minimum Gasteiger partial charge on any atom is -0.462 e. The fourth-order valence-corrected chi connectivity index (χ4v) is 4.27. The van der Waals surface area contributed by atoms with Gasteiger partial charge in [-0.2, -0.15) is 0 Å². The Morgan fingerprint density at radius 2 is 1.69 bits per heavy atom. The molecular formula is C24H25N3O5. The molecule has 8 heteroatoms. The number of hydrogen-bond acceptors (Lipinski definition) is 5. The molecule has 0 saturated heterocycles. The van der Waals surface area contributed by atoms with E-state index in [0.717, 1.165) is 32.1 Å². The third kappa shape index (κ3) is 4.21. The van der Waals surface area contributed by atoms with E-state index < -0.39 is 12.0 Å². The summed E-state index contributed by atoms with van der Waals surface area (Å²) in [7, 11) is 0. The topological polar surface area (TPSA) is 105 Å². The minimum absolute atomic E-state index is 0.0600. The molecule has 32 heavy (non-hydrogen) atoms. The fraction of sp³-hybridized carbons (Fsp3) is 0.333. The number of imide groups is 1. The number of nitrogens with one attached hydrogen (secondary N) is 2. The highest BCUT2D eigenvalue weighted by Crippen LogP contribution is 2.32. The molecule has 1 aliphatic heterocycles. The van der Waals surface area contributed by atoms with Crippen molar-refractivity contribution in [2.24, 2.45) is 0 Å². The van der Waals surface area contributed by atoms with Crippen LogP contribution < -0.4 is 10.6 Å². The molecule has 4 amide bonds. The first-order valence-electron chi connectivity index (χ1n) is 10.9. The highest BCUT2D eigenvalue weighted by Gasteiger charge is 2.40. The summed E-state index contributed by atoms with van der Waals surface area (Å²) < 4.78 is 5.02. The van der Waals surface area contributed by atoms with Crippen LogP contribution in [0.2, 0.25) is 0 Å². The lowest BCUT2D eigenvalue weighted by molar-refractivity contribution is 0.0522. The van der Waals surface area contributed by atoms with Gasteiger partial charge in [0.1, 0.15) is 0 Å². The largest absolute Gasteiger partial charge is 0.462 e. The molecule has 1 heterocycles. The van der Waals surface area contributed by atoms with Crippen LogP contribution in [0.25, 0.3) is 0 Å². The second-order valence-electron chi connectivity index (χ2n) is 7.88. The number of carbonyl (C=O) groups is 4. The molecular weight excluding hydrogens is 410 g/mol. The van der Waals surface area contributed by atoms with Crippen LogP contribution in [0.15, 0.2) is 42.5 Å². The van der Waals surface area contributed by atoms with E-state index >= 15 is 0 Å². The Balaban J connectivity index is 1.48. The lowest BCUT2D eigenvalue weighted by atomic mass is 9.94. The lowest BCUT2D eigenvalue weighted by Gasteiger charge is -2.29. The van der Waals surface area contributed by atoms with E-state index in [-0.39, 0.29) is 30.0 Å². The number of anilines is 2. The third-order valence-corrected chi connectivity index (χ3v) is 5.79. The van der Waals surface area contributed by atoms with Crippen molar-refractivity contribution in [3.05, 3.63) is 59.2 Å². The zero-order valence-electron chi connectivity index (χ0n) is 17.8. The average Bonchev–Trinajstić information content (AvgIpc) is 3.04. The summed E-state index contributed by atoms with van der Waals surface area (Å²) in [6.07, 6.45) is 4.82. The Labute approximate surface area is 185 Å². The molecule has 0 spiro atoms. The number of carbonyl (C=O) groups excluding carboxylic acids is 4. The predicted molar refractivity (Wildman–Crippen MR) is 119 cm³/mol. The van der Waals surface area contributed by atoms with Crippen LogP contribution in [0.4, 0.5) is 16.2 Å². The van der Waals surface area contributed by atoms with Crippen molar-refractivity contribution in [2.75, 3.05) is 17.2 Å². The van der Waals surface area contributed by atoms with Gasteiger partial charge in [-0.3, -0.25) is 14.5 Å². The van der Waals surface area contributed by atoms with Gasteiger partial charge in [-0.15, -0.1) is 0 Å². The quantitative estimate of drug-likeness (QED) is 0.534. The van der Waals surface area contributed by atoms with Gasteiger partial charge in [0, 0.05) is 11.7 Å². The first kappa shape index (κ1) is 21.5. The SMILES string of the molecule is CCOC(=O)c1ccccc1NC(=O)Nc1ccc2c(c1)C(=O)N(C1CCCCC1)C2=O. The highest BCUT2D eigenvalue weighted by atomic mass is 16.5. The van der Waals surface area contributed by atoms with Crippen LogP contribution >= 0.6 is 0 Å². The van der Waals surface area contributed by atoms with Crippen molar-refractivity contribution in [3.8, 4) is 0 Å². The van der Waals surface area contributed by atoms with Crippen molar-refractivity contribution in [2.45, 2.75) is 45.1 Å². The zero-order valence-corrected chi connectivity index (χ0v) is 17.8. The Bertz CT molecular complexity index is 1080. The van der Waals surface area contributed by atoms with E-state index in [1.54, 1.807) is 43.3 Å². The maximum atomic E-state index is 12.9. The van der Waals surface area contributed by atoms with Crippen molar-refractivity contribution < 1.29 is 23.9 Å². The molecule has 0 radical (unpaired) electrons. The summed E-state index contributed by atoms with van der Waals surface area (Å²) in [4.78, 5) is 51.7. The molecule has 2 N–H and O–H groups in total. The summed E-state index contributed by atoms with van der Waals surface area (Å²) in [5.74, 6) is -1.11. The standard InChI is InChI=1S/C24H25N3O5/c1-2-32-23(30)18-10-6-7-11-20(18)26-24(31)25-15-12-13-17-19(14-15)22(29)27(21(17)28)16-8-4-3-5-9-16/h6-7,10-14,16H,2-5,8-9H2,1H3,(H2,25,26,31). The van der Waals surface area contributed by atoms with Crippen LogP contribution in [0.5, 0.6) is 0 Å². The summed E-state index contributed by atoms with van der Waals surface area (Å²) in [6.45, 7) is 1.93. The maximum Gasteiger partial charge on any atom is 0.340 e. The van der Waals surface area contributed by atoms with E-state index in [0.29, 0.717) is 22.5 Å². The van der Waals surface area contributed by atoms with Gasteiger partial charge in [0.25, 0.3) is 11.8 Å². The van der Waals surface area contributed by atoms with Gasteiger partial charge >= 0.3 is 12.0 Å². The second-order valence-corrected chi connectivity index (χ2v) is 7.88. The van der Waals surface area contributed by atoms with Gasteiger partial charge < -0.3 is 15.4 Å². The fourth-order valence-electron chi connectivity index (χ4n) is 4.27. The Kier molecular flexibility index (Phi) is 6.20. The van der Waals surface area contributed by atoms with Crippen molar-refractivity contribution in [3.63, 3.8) is 0 Å². The van der Waals surface area contributed by atoms with E-state index in [1.165, 1.54) is 11.0 Å². The van der Waals surface area contributed by atoms with Crippen molar-refractivity contribution >= 4 is 35.2 Å². The number of urea groups is 1. The molecule has 0 aromatic heterocycles. The van der Waals surface area contributed by atoms with Gasteiger partial charge in [-0.05, 0) is 50.1 Å². The molecule has 1 fully saturated rings. The number of ether oxygens (including phenoxy) is 1. The Hall–Kier alpha value is -3.68. The van der Waals surface area contributed by atoms with Gasteiger partial charge in [0.2, 0.25) is 0 Å². The number of fused-ring (bicyclic) bond motifs is 1. The van der Waals surface area contributed by atoms with Gasteiger partial charge in [-0.25, -0.2) is 9.59 Å². The summed E-state index contributed by atoms with van der Waals surface area (Å²) >= 11 is 0. The smallest absolute Gasteiger partial charge is 0.340 e. The van der Waals surface area contributed by atoms with E-state index in [9.17, 15) is 19.2 Å². The maximum absolute atomic E-state index is 12.9. The molecule has 0 atom stereocenters. The van der Waals surface area contributed by atoms with Gasteiger partial charge in [0.05, 0.1) is 29.0 Å². The number of hydrogen-bond donors (Lipinski definition) is 2. The average molecular weight is 435 g/mol. The van der Waals surface area contributed by atoms with Crippen LogP contribution in [-0.2, 0) is 4.74 Å². The lowest BCUT2D eigenvalue weighted by Crippen LogP contribution is -2.40. The normalized spacial score (nSPS) is 16.0. The van der Waals surface area contributed by atoms with Crippen LogP contribution in [-0.4, -0.2) is 41.4 Å². The Morgan fingerprint density at radius 3 is 2.44 bits per heavy atom. The molecule has 2 aliphatic rings. The predicted octanol–water partition coefficient (Wildman–Crippen LogP) is 4.44. The highest BCUT2D eigenvalue weighted by molar-refractivity contribution is 6.22. The number of benzene rings is 2. The van der Waals surface area contributed by atoms with Gasteiger partial charge in [-0.1, -0.05) is 31.4 Å². The van der Waals surface area contributed by atoms with E-state index in [2.05, 4.69) is 10.6 Å². The molecule has 166 valence electrons. The third-order valence-electron chi connectivity index (χ3n) is 5.79. The van der Waals surface area contributed by atoms with Gasteiger partial charge in [0.15, 0.2) is 0 Å². The first-order chi connectivity index (χ1) is 15.5. The van der Waals surface area contributed by atoms with Crippen LogP contribution in [0.3, 0.4) is 0 Å². The molecule has 1 saturated carbocycles. The molecule has 2 aromatic rings. The van der Waals surface area contributed by atoms with E-state index in [1.807, 2.05) is 0 Å². The molecule has 0 unspecified atom stereocenters. The zero-order chi connectivity index (χ0) is 22.7. The van der Waals surface area contributed by atoms with Crippen molar-refractivity contribution in [1.29, 1.82) is 0 Å². The number of nitrogens with zero attached hydrogens (tertiary/aromatic N) is 1. The number of rotatable bonds is 5. The molecule has 8 nitrogen and oxygen atoms in total. The Morgan fingerprint density at radius 1 is 0.969 bits per heavy atom. The molecule has 1 aliphatic carbocycles. The number of para-hydroxylation sites is 1. The monoisotopic (exact) mass is 435 g/mol. The second kappa shape index (κ2) is 9.21. The summed E-state index contributed by atoms with van der Waals surface area (Å²) in [6, 6.07) is 10.6. The molecule has 4 rings (SSSR count). The molecule has 2 aromatic carbocycles. The first-order valence-corrected chi connectivity index (χ1v) is 10.9. The number of amides is 4. The van der Waals surface area contributed by atoms with Crippen molar-refractivity contribution in [1.82, 2.24) is 4.90 Å². The van der Waals surface area contributed by atoms with Crippen LogP contribution in [0, 0.1) is 0 Å². The van der Waals surface area contributed by atoms with E-state index in [4.69, 9.17) is 4.74 Å². The minimum atomic E-state index is -0.581. The van der Waals surface area contributed by atoms with Crippen LogP contribution in [0.1, 0.15) is 70.1 Å². The number of esters is 1. The molecule has 0 bridgehead atoms.